The summed E-state index contributed by atoms with van der Waals surface area (Å²) in [5, 5.41) is 6.65. The average molecular weight is 259 g/mol. The second-order valence-corrected chi connectivity index (χ2v) is 4.34. The molecule has 0 aliphatic rings. The van der Waals surface area contributed by atoms with Crippen molar-refractivity contribution in [2.75, 3.05) is 5.32 Å². The Bertz CT molecular complexity index is 563. The SMILES string of the molecule is CCCCC(=O)Nc1ccccc1-c1nc(C)no1. The van der Waals surface area contributed by atoms with Crippen LogP contribution in [-0.4, -0.2) is 16.0 Å². The highest BCUT2D eigenvalue weighted by Crippen LogP contribution is 2.26. The predicted molar refractivity (Wildman–Crippen MR) is 72.6 cm³/mol. The van der Waals surface area contributed by atoms with Crippen molar-refractivity contribution < 1.29 is 9.32 Å². The third kappa shape index (κ3) is 3.40. The number of carbonyl (C=O) groups excluding carboxylic acids is 1. The molecule has 1 heterocycles. The van der Waals surface area contributed by atoms with Gasteiger partial charge in [-0.1, -0.05) is 30.6 Å². The lowest BCUT2D eigenvalue weighted by Gasteiger charge is -2.07. The van der Waals surface area contributed by atoms with Crippen LogP contribution in [0.3, 0.4) is 0 Å². The molecule has 19 heavy (non-hydrogen) atoms. The molecular weight excluding hydrogens is 242 g/mol. The zero-order valence-electron chi connectivity index (χ0n) is 11.1. The van der Waals surface area contributed by atoms with Gasteiger partial charge in [-0.2, -0.15) is 4.98 Å². The number of para-hydroxylation sites is 1. The summed E-state index contributed by atoms with van der Waals surface area (Å²) < 4.78 is 5.14. The summed E-state index contributed by atoms with van der Waals surface area (Å²) >= 11 is 0. The number of aromatic nitrogens is 2. The van der Waals surface area contributed by atoms with Crippen LogP contribution in [0.25, 0.3) is 11.5 Å². The molecular formula is C14H17N3O2. The van der Waals surface area contributed by atoms with Gasteiger partial charge in [-0.05, 0) is 25.5 Å². The molecule has 0 radical (unpaired) electrons. The Morgan fingerprint density at radius 2 is 2.16 bits per heavy atom. The van der Waals surface area contributed by atoms with Crippen LogP contribution >= 0.6 is 0 Å². The molecule has 1 aromatic carbocycles. The zero-order valence-corrected chi connectivity index (χ0v) is 11.1. The number of carbonyl (C=O) groups is 1. The van der Waals surface area contributed by atoms with Crippen molar-refractivity contribution in [3.05, 3.63) is 30.1 Å². The molecule has 100 valence electrons. The monoisotopic (exact) mass is 259 g/mol. The Hall–Kier alpha value is -2.17. The van der Waals surface area contributed by atoms with E-state index in [1.54, 1.807) is 6.92 Å². The van der Waals surface area contributed by atoms with Gasteiger partial charge in [0.15, 0.2) is 5.82 Å². The topological polar surface area (TPSA) is 68.0 Å². The number of anilines is 1. The van der Waals surface area contributed by atoms with Crippen molar-refractivity contribution >= 4 is 11.6 Å². The van der Waals surface area contributed by atoms with Gasteiger partial charge in [0.1, 0.15) is 0 Å². The van der Waals surface area contributed by atoms with Crippen molar-refractivity contribution in [1.29, 1.82) is 0 Å². The summed E-state index contributed by atoms with van der Waals surface area (Å²) in [6.07, 6.45) is 2.40. The summed E-state index contributed by atoms with van der Waals surface area (Å²) in [7, 11) is 0. The third-order valence-corrected chi connectivity index (χ3v) is 2.72. The molecule has 5 nitrogen and oxygen atoms in total. The fourth-order valence-corrected chi connectivity index (χ4v) is 1.74. The van der Waals surface area contributed by atoms with E-state index in [2.05, 4.69) is 22.4 Å². The maximum absolute atomic E-state index is 11.8. The Morgan fingerprint density at radius 3 is 2.84 bits per heavy atom. The van der Waals surface area contributed by atoms with Crippen molar-refractivity contribution in [1.82, 2.24) is 10.1 Å². The summed E-state index contributed by atoms with van der Waals surface area (Å²) in [5.74, 6) is 0.997. The largest absolute Gasteiger partial charge is 0.334 e. The number of aryl methyl sites for hydroxylation is 1. The van der Waals surface area contributed by atoms with E-state index in [-0.39, 0.29) is 5.91 Å². The summed E-state index contributed by atoms with van der Waals surface area (Å²) in [6, 6.07) is 7.42. The van der Waals surface area contributed by atoms with Gasteiger partial charge >= 0.3 is 0 Å². The molecule has 0 saturated heterocycles. The molecule has 0 fully saturated rings. The molecule has 0 spiro atoms. The first-order valence-corrected chi connectivity index (χ1v) is 6.40. The minimum atomic E-state index is 0.00513. The lowest BCUT2D eigenvalue weighted by Crippen LogP contribution is -2.11. The van der Waals surface area contributed by atoms with Crippen LogP contribution < -0.4 is 5.32 Å². The van der Waals surface area contributed by atoms with E-state index in [0.717, 1.165) is 18.4 Å². The molecule has 1 aromatic heterocycles. The molecule has 0 aliphatic heterocycles. The maximum atomic E-state index is 11.8. The van der Waals surface area contributed by atoms with Crippen LogP contribution in [0.4, 0.5) is 5.69 Å². The lowest BCUT2D eigenvalue weighted by molar-refractivity contribution is -0.116. The van der Waals surface area contributed by atoms with Gasteiger partial charge < -0.3 is 9.84 Å². The van der Waals surface area contributed by atoms with E-state index < -0.39 is 0 Å². The van der Waals surface area contributed by atoms with Crippen LogP contribution in [0.1, 0.15) is 32.0 Å². The van der Waals surface area contributed by atoms with Gasteiger partial charge in [-0.25, -0.2) is 0 Å². The minimum Gasteiger partial charge on any atom is -0.334 e. The fraction of sp³-hybridized carbons (Fsp3) is 0.357. The Labute approximate surface area is 112 Å². The average Bonchev–Trinajstić information content (AvgIpc) is 2.83. The predicted octanol–water partition coefficient (Wildman–Crippen LogP) is 3.17. The van der Waals surface area contributed by atoms with E-state index in [4.69, 9.17) is 4.52 Å². The smallest absolute Gasteiger partial charge is 0.260 e. The molecule has 1 amide bonds. The van der Waals surface area contributed by atoms with Gasteiger partial charge in [0, 0.05) is 6.42 Å². The number of unbranched alkanes of at least 4 members (excludes halogenated alkanes) is 1. The van der Waals surface area contributed by atoms with Crippen molar-refractivity contribution in [3.8, 4) is 11.5 Å². The van der Waals surface area contributed by atoms with Crippen LogP contribution in [0.5, 0.6) is 0 Å². The molecule has 1 N–H and O–H groups in total. The Kier molecular flexibility index (Phi) is 4.28. The highest BCUT2D eigenvalue weighted by molar-refractivity contribution is 5.94. The standard InChI is InChI=1S/C14H17N3O2/c1-3-4-9-13(18)16-12-8-6-5-7-11(12)14-15-10(2)17-19-14/h5-8H,3-4,9H2,1-2H3,(H,16,18). The van der Waals surface area contributed by atoms with Gasteiger partial charge in [0.05, 0.1) is 11.3 Å². The van der Waals surface area contributed by atoms with E-state index in [1.807, 2.05) is 24.3 Å². The number of rotatable bonds is 5. The Morgan fingerprint density at radius 1 is 1.37 bits per heavy atom. The number of hydrogen-bond donors (Lipinski definition) is 1. The number of nitrogens with zero attached hydrogens (tertiary/aromatic N) is 2. The number of hydrogen-bond acceptors (Lipinski definition) is 4. The van der Waals surface area contributed by atoms with Crippen LogP contribution in [0.2, 0.25) is 0 Å². The first kappa shape index (κ1) is 13.3. The van der Waals surface area contributed by atoms with Gasteiger partial charge in [0.25, 0.3) is 5.89 Å². The molecule has 2 rings (SSSR count). The first-order valence-electron chi connectivity index (χ1n) is 6.40. The molecule has 0 aliphatic carbocycles. The molecule has 2 aromatic rings. The lowest BCUT2D eigenvalue weighted by atomic mass is 10.1. The second-order valence-electron chi connectivity index (χ2n) is 4.34. The number of benzene rings is 1. The van der Waals surface area contributed by atoms with Crippen molar-refractivity contribution in [3.63, 3.8) is 0 Å². The van der Waals surface area contributed by atoms with Gasteiger partial charge in [-0.3, -0.25) is 4.79 Å². The number of nitrogens with one attached hydrogen (secondary N) is 1. The first-order chi connectivity index (χ1) is 9.20. The maximum Gasteiger partial charge on any atom is 0.260 e. The van der Waals surface area contributed by atoms with E-state index in [0.29, 0.717) is 23.8 Å². The summed E-state index contributed by atoms with van der Waals surface area (Å²) in [5.41, 5.74) is 1.44. The molecule has 0 bridgehead atoms. The van der Waals surface area contributed by atoms with E-state index in [9.17, 15) is 4.79 Å². The number of amides is 1. The van der Waals surface area contributed by atoms with E-state index >= 15 is 0 Å². The third-order valence-electron chi connectivity index (χ3n) is 2.72. The Balaban J connectivity index is 2.19. The normalized spacial score (nSPS) is 10.4. The second kappa shape index (κ2) is 6.13. The van der Waals surface area contributed by atoms with Crippen molar-refractivity contribution in [2.45, 2.75) is 33.1 Å². The van der Waals surface area contributed by atoms with Crippen molar-refractivity contribution in [2.24, 2.45) is 0 Å². The van der Waals surface area contributed by atoms with Crippen LogP contribution in [0.15, 0.2) is 28.8 Å². The highest BCUT2D eigenvalue weighted by atomic mass is 16.5. The molecule has 5 heteroatoms. The summed E-state index contributed by atoms with van der Waals surface area (Å²) in [6.45, 7) is 3.82. The minimum absolute atomic E-state index is 0.00513. The van der Waals surface area contributed by atoms with Gasteiger partial charge in [0.2, 0.25) is 5.91 Å². The molecule has 0 atom stereocenters. The fourth-order valence-electron chi connectivity index (χ4n) is 1.74. The van der Waals surface area contributed by atoms with E-state index in [1.165, 1.54) is 0 Å². The summed E-state index contributed by atoms with van der Waals surface area (Å²) in [4.78, 5) is 16.0. The molecule has 0 unspecified atom stereocenters. The van der Waals surface area contributed by atoms with Crippen LogP contribution in [-0.2, 0) is 4.79 Å². The highest BCUT2D eigenvalue weighted by Gasteiger charge is 2.12. The molecule has 0 saturated carbocycles. The van der Waals surface area contributed by atoms with Crippen LogP contribution in [0, 0.1) is 6.92 Å². The quantitative estimate of drug-likeness (QED) is 0.895. The van der Waals surface area contributed by atoms with Gasteiger partial charge in [-0.15, -0.1) is 0 Å². The zero-order chi connectivity index (χ0) is 13.7.